The molecule has 0 spiro atoms. The van der Waals surface area contributed by atoms with Crippen molar-refractivity contribution in [3.63, 3.8) is 0 Å². The molecule has 1 aromatic heterocycles. The zero-order valence-corrected chi connectivity index (χ0v) is 9.12. The maximum Gasteiger partial charge on any atom is 0.223 e. The number of ether oxygens (including phenoxy) is 1. The van der Waals surface area contributed by atoms with Crippen molar-refractivity contribution in [2.45, 2.75) is 5.88 Å². The van der Waals surface area contributed by atoms with Gasteiger partial charge in [0.05, 0.1) is 5.88 Å². The quantitative estimate of drug-likeness (QED) is 0.759. The molecule has 0 radical (unpaired) electrons. The minimum absolute atomic E-state index is 0.304. The van der Waals surface area contributed by atoms with Crippen molar-refractivity contribution in [2.24, 2.45) is 0 Å². The Labute approximate surface area is 97.7 Å². The SMILES string of the molecule is Fc1cccc(Oc2ncccc2CCl)c1. The summed E-state index contributed by atoms with van der Waals surface area (Å²) in [6, 6.07) is 9.48. The summed E-state index contributed by atoms with van der Waals surface area (Å²) in [5, 5.41) is 0. The first-order valence-corrected chi connectivity index (χ1v) is 5.26. The van der Waals surface area contributed by atoms with Crippen molar-refractivity contribution in [3.05, 3.63) is 54.0 Å². The van der Waals surface area contributed by atoms with Crippen LogP contribution in [0, 0.1) is 5.82 Å². The molecular formula is C12H9ClFNO. The highest BCUT2D eigenvalue weighted by Crippen LogP contribution is 2.24. The number of pyridine rings is 1. The fourth-order valence-corrected chi connectivity index (χ4v) is 1.46. The second-order valence-corrected chi connectivity index (χ2v) is 3.43. The molecule has 2 nitrogen and oxygen atoms in total. The van der Waals surface area contributed by atoms with Gasteiger partial charge in [-0.25, -0.2) is 9.37 Å². The van der Waals surface area contributed by atoms with Crippen LogP contribution in [0.2, 0.25) is 0 Å². The lowest BCUT2D eigenvalue weighted by Gasteiger charge is -2.07. The van der Waals surface area contributed by atoms with Crippen LogP contribution >= 0.6 is 11.6 Å². The van der Waals surface area contributed by atoms with Gasteiger partial charge >= 0.3 is 0 Å². The molecule has 0 saturated heterocycles. The Balaban J connectivity index is 2.26. The van der Waals surface area contributed by atoms with Crippen LogP contribution in [0.25, 0.3) is 0 Å². The van der Waals surface area contributed by atoms with Gasteiger partial charge in [-0.2, -0.15) is 0 Å². The Morgan fingerprint density at radius 3 is 2.88 bits per heavy atom. The van der Waals surface area contributed by atoms with Crippen LogP contribution in [0.3, 0.4) is 0 Å². The fourth-order valence-electron chi connectivity index (χ4n) is 1.26. The third-order valence-corrected chi connectivity index (χ3v) is 2.29. The van der Waals surface area contributed by atoms with Crippen molar-refractivity contribution in [1.82, 2.24) is 4.98 Å². The molecular weight excluding hydrogens is 229 g/mol. The molecule has 0 fully saturated rings. The zero-order valence-electron chi connectivity index (χ0n) is 8.36. The van der Waals surface area contributed by atoms with Gasteiger partial charge < -0.3 is 4.74 Å². The van der Waals surface area contributed by atoms with E-state index in [0.717, 1.165) is 5.56 Å². The predicted molar refractivity (Wildman–Crippen MR) is 60.3 cm³/mol. The average molecular weight is 238 g/mol. The molecule has 4 heteroatoms. The molecule has 16 heavy (non-hydrogen) atoms. The first kappa shape index (κ1) is 10.9. The highest BCUT2D eigenvalue weighted by molar-refractivity contribution is 6.17. The van der Waals surface area contributed by atoms with Crippen molar-refractivity contribution in [3.8, 4) is 11.6 Å². The second kappa shape index (κ2) is 4.94. The van der Waals surface area contributed by atoms with Gasteiger partial charge in [0, 0.05) is 17.8 Å². The van der Waals surface area contributed by atoms with Crippen molar-refractivity contribution in [2.75, 3.05) is 0 Å². The monoisotopic (exact) mass is 237 g/mol. The van der Waals surface area contributed by atoms with Crippen LogP contribution in [0.4, 0.5) is 4.39 Å². The fraction of sp³-hybridized carbons (Fsp3) is 0.0833. The van der Waals surface area contributed by atoms with Crippen LogP contribution in [0.15, 0.2) is 42.6 Å². The van der Waals surface area contributed by atoms with E-state index in [1.807, 2.05) is 6.07 Å². The molecule has 1 aromatic carbocycles. The minimum Gasteiger partial charge on any atom is -0.439 e. The second-order valence-electron chi connectivity index (χ2n) is 3.16. The molecule has 1 heterocycles. The third-order valence-electron chi connectivity index (χ3n) is 2.00. The maximum atomic E-state index is 12.9. The summed E-state index contributed by atoms with van der Waals surface area (Å²) in [6.07, 6.45) is 1.60. The Hall–Kier alpha value is -1.61. The molecule has 0 aliphatic rings. The highest BCUT2D eigenvalue weighted by atomic mass is 35.5. The summed E-state index contributed by atoms with van der Waals surface area (Å²) in [4.78, 5) is 4.05. The van der Waals surface area contributed by atoms with Crippen molar-refractivity contribution in [1.29, 1.82) is 0 Å². The first-order valence-electron chi connectivity index (χ1n) is 4.73. The molecule has 2 rings (SSSR count). The number of halogens is 2. The Bertz CT molecular complexity index is 490. The van der Waals surface area contributed by atoms with Crippen LogP contribution in [0.5, 0.6) is 11.6 Å². The number of alkyl halides is 1. The molecule has 0 N–H and O–H groups in total. The van der Waals surface area contributed by atoms with Gasteiger partial charge in [-0.05, 0) is 18.2 Å². The normalized spacial score (nSPS) is 10.1. The van der Waals surface area contributed by atoms with Gasteiger partial charge in [0.15, 0.2) is 0 Å². The van der Waals surface area contributed by atoms with E-state index in [2.05, 4.69) is 4.98 Å². The molecule has 0 atom stereocenters. The van der Waals surface area contributed by atoms with E-state index in [9.17, 15) is 4.39 Å². The third kappa shape index (κ3) is 2.49. The lowest BCUT2D eigenvalue weighted by Crippen LogP contribution is -1.92. The molecule has 0 aliphatic carbocycles. The van der Waals surface area contributed by atoms with Crippen LogP contribution < -0.4 is 4.74 Å². The summed E-state index contributed by atoms with van der Waals surface area (Å²) in [5.41, 5.74) is 0.772. The number of hydrogen-bond acceptors (Lipinski definition) is 2. The molecule has 0 aliphatic heterocycles. The smallest absolute Gasteiger partial charge is 0.223 e. The summed E-state index contributed by atoms with van der Waals surface area (Å²) in [5.74, 6) is 0.771. The maximum absolute atomic E-state index is 12.9. The van der Waals surface area contributed by atoms with Gasteiger partial charge in [0.2, 0.25) is 5.88 Å². The number of hydrogen-bond donors (Lipinski definition) is 0. The van der Waals surface area contributed by atoms with E-state index >= 15 is 0 Å². The summed E-state index contributed by atoms with van der Waals surface area (Å²) in [7, 11) is 0. The van der Waals surface area contributed by atoms with Gasteiger partial charge in [0.25, 0.3) is 0 Å². The molecule has 0 saturated carbocycles. The molecule has 2 aromatic rings. The first-order chi connectivity index (χ1) is 7.79. The lowest BCUT2D eigenvalue weighted by atomic mass is 10.3. The zero-order chi connectivity index (χ0) is 11.4. The minimum atomic E-state index is -0.346. The van der Waals surface area contributed by atoms with Crippen LogP contribution in [-0.2, 0) is 5.88 Å². The number of aromatic nitrogens is 1. The van der Waals surface area contributed by atoms with E-state index in [1.165, 1.54) is 12.1 Å². The summed E-state index contributed by atoms with van der Waals surface area (Å²) < 4.78 is 18.4. The topological polar surface area (TPSA) is 22.1 Å². The van der Waals surface area contributed by atoms with E-state index in [-0.39, 0.29) is 5.82 Å². The Kier molecular flexibility index (Phi) is 3.37. The number of benzene rings is 1. The largest absolute Gasteiger partial charge is 0.439 e. The van der Waals surface area contributed by atoms with Crippen LogP contribution in [-0.4, -0.2) is 4.98 Å². The lowest BCUT2D eigenvalue weighted by molar-refractivity contribution is 0.454. The molecule has 0 amide bonds. The highest BCUT2D eigenvalue weighted by Gasteiger charge is 2.05. The van der Waals surface area contributed by atoms with E-state index in [4.69, 9.17) is 16.3 Å². The van der Waals surface area contributed by atoms with Crippen molar-refractivity contribution >= 4 is 11.6 Å². The van der Waals surface area contributed by atoms with Gasteiger partial charge in [-0.15, -0.1) is 11.6 Å². The Morgan fingerprint density at radius 1 is 1.25 bits per heavy atom. The number of nitrogens with zero attached hydrogens (tertiary/aromatic N) is 1. The standard InChI is InChI=1S/C12H9ClFNO/c13-8-9-3-2-6-15-12(9)16-11-5-1-4-10(14)7-11/h1-7H,8H2. The van der Waals surface area contributed by atoms with Gasteiger partial charge in [-0.1, -0.05) is 12.1 Å². The molecule has 0 unspecified atom stereocenters. The van der Waals surface area contributed by atoms with E-state index in [0.29, 0.717) is 17.5 Å². The van der Waals surface area contributed by atoms with E-state index < -0.39 is 0 Å². The summed E-state index contributed by atoms with van der Waals surface area (Å²) >= 11 is 5.74. The van der Waals surface area contributed by atoms with Crippen LogP contribution in [0.1, 0.15) is 5.56 Å². The predicted octanol–water partition coefficient (Wildman–Crippen LogP) is 3.75. The van der Waals surface area contributed by atoms with Gasteiger partial charge in [0.1, 0.15) is 11.6 Å². The number of rotatable bonds is 3. The molecule has 0 bridgehead atoms. The summed E-state index contributed by atoms with van der Waals surface area (Å²) in [6.45, 7) is 0. The average Bonchev–Trinajstić information content (AvgIpc) is 2.30. The van der Waals surface area contributed by atoms with E-state index in [1.54, 1.807) is 24.4 Å². The Morgan fingerprint density at radius 2 is 2.12 bits per heavy atom. The van der Waals surface area contributed by atoms with Crippen molar-refractivity contribution < 1.29 is 9.13 Å². The molecule has 82 valence electrons. The van der Waals surface area contributed by atoms with Gasteiger partial charge in [-0.3, -0.25) is 0 Å².